The Morgan fingerprint density at radius 3 is 2.83 bits per heavy atom. The van der Waals surface area contributed by atoms with Gasteiger partial charge in [-0.05, 0) is 13.0 Å². The summed E-state index contributed by atoms with van der Waals surface area (Å²) >= 11 is 5.83. The smallest absolute Gasteiger partial charge is 0.244 e. The van der Waals surface area contributed by atoms with Crippen LogP contribution in [0, 0.1) is 0 Å². The van der Waals surface area contributed by atoms with Crippen molar-refractivity contribution in [1.82, 2.24) is 19.7 Å². The first kappa shape index (κ1) is 13.0. The number of aromatic nitrogens is 3. The lowest BCUT2D eigenvalue weighted by molar-refractivity contribution is 0.561. The molecule has 0 saturated carbocycles. The number of rotatable bonds is 4. The molecule has 0 aliphatic heterocycles. The van der Waals surface area contributed by atoms with E-state index in [2.05, 4.69) is 19.7 Å². The monoisotopic (exact) mass is 286 g/mol. The van der Waals surface area contributed by atoms with E-state index < -0.39 is 16.1 Å². The molecule has 0 radical (unpaired) electrons. The van der Waals surface area contributed by atoms with Crippen LogP contribution in [0.2, 0.25) is 5.02 Å². The SMILES string of the molecule is CC(NS(=O)(=O)c1cnccc1Cl)c1ncc[nH]1. The molecule has 0 aliphatic carbocycles. The van der Waals surface area contributed by atoms with Crippen molar-refractivity contribution in [3.63, 3.8) is 0 Å². The van der Waals surface area contributed by atoms with Crippen molar-refractivity contribution in [3.05, 3.63) is 41.7 Å². The van der Waals surface area contributed by atoms with Crippen LogP contribution in [0.15, 0.2) is 35.7 Å². The van der Waals surface area contributed by atoms with Gasteiger partial charge in [0.1, 0.15) is 10.7 Å². The molecule has 0 bridgehead atoms. The van der Waals surface area contributed by atoms with Crippen molar-refractivity contribution >= 4 is 21.6 Å². The molecule has 0 saturated heterocycles. The maximum Gasteiger partial charge on any atom is 0.244 e. The van der Waals surface area contributed by atoms with Gasteiger partial charge >= 0.3 is 0 Å². The Morgan fingerprint density at radius 1 is 1.44 bits per heavy atom. The molecule has 8 heteroatoms. The van der Waals surface area contributed by atoms with Gasteiger partial charge in [0.15, 0.2) is 0 Å². The fourth-order valence-corrected chi connectivity index (χ4v) is 3.07. The second kappa shape index (κ2) is 5.05. The van der Waals surface area contributed by atoms with E-state index in [1.54, 1.807) is 19.3 Å². The summed E-state index contributed by atoms with van der Waals surface area (Å²) in [6.45, 7) is 1.68. The zero-order chi connectivity index (χ0) is 13.2. The molecule has 18 heavy (non-hydrogen) atoms. The molecule has 0 fully saturated rings. The van der Waals surface area contributed by atoms with E-state index in [-0.39, 0.29) is 9.92 Å². The van der Waals surface area contributed by atoms with Crippen molar-refractivity contribution in [3.8, 4) is 0 Å². The maximum absolute atomic E-state index is 12.1. The number of sulfonamides is 1. The van der Waals surface area contributed by atoms with Crippen LogP contribution in [0.4, 0.5) is 0 Å². The highest BCUT2D eigenvalue weighted by atomic mass is 35.5. The van der Waals surface area contributed by atoms with Crippen LogP contribution < -0.4 is 4.72 Å². The van der Waals surface area contributed by atoms with Crippen LogP contribution in [-0.2, 0) is 10.0 Å². The summed E-state index contributed by atoms with van der Waals surface area (Å²) in [6.07, 6.45) is 5.81. The zero-order valence-corrected chi connectivity index (χ0v) is 11.0. The van der Waals surface area contributed by atoms with Gasteiger partial charge in [-0.2, -0.15) is 0 Å². The molecule has 2 N–H and O–H groups in total. The second-order valence-corrected chi connectivity index (χ2v) is 5.71. The van der Waals surface area contributed by atoms with E-state index in [9.17, 15) is 8.42 Å². The molecule has 96 valence electrons. The van der Waals surface area contributed by atoms with Crippen LogP contribution in [0.25, 0.3) is 0 Å². The molecular weight excluding hydrogens is 276 g/mol. The summed E-state index contributed by atoms with van der Waals surface area (Å²) in [5, 5.41) is 0.129. The Labute approximate surface area is 109 Å². The third-order valence-electron chi connectivity index (χ3n) is 2.29. The standard InChI is InChI=1S/C10H11ClN4O2S/c1-7(10-13-4-5-14-10)15-18(16,17)9-6-12-3-2-8(9)11/h2-7,15H,1H3,(H,13,14). The largest absolute Gasteiger partial charge is 0.347 e. The third-order valence-corrected chi connectivity index (χ3v) is 4.29. The van der Waals surface area contributed by atoms with Crippen LogP contribution >= 0.6 is 11.6 Å². The van der Waals surface area contributed by atoms with Crippen LogP contribution in [0.1, 0.15) is 18.8 Å². The highest BCUT2D eigenvalue weighted by Crippen LogP contribution is 2.21. The van der Waals surface area contributed by atoms with E-state index in [1.165, 1.54) is 18.5 Å². The van der Waals surface area contributed by atoms with E-state index in [0.29, 0.717) is 5.82 Å². The van der Waals surface area contributed by atoms with Gasteiger partial charge in [-0.15, -0.1) is 0 Å². The van der Waals surface area contributed by atoms with Gasteiger partial charge in [0, 0.05) is 24.8 Å². The lowest BCUT2D eigenvalue weighted by Crippen LogP contribution is -2.27. The first-order valence-corrected chi connectivity index (χ1v) is 6.98. The molecule has 0 aromatic carbocycles. The minimum Gasteiger partial charge on any atom is -0.347 e. The van der Waals surface area contributed by atoms with Crippen molar-refractivity contribution in [2.24, 2.45) is 0 Å². The molecule has 0 spiro atoms. The average molecular weight is 287 g/mol. The Balaban J connectivity index is 2.26. The van der Waals surface area contributed by atoms with Gasteiger partial charge in [-0.25, -0.2) is 18.1 Å². The predicted molar refractivity (Wildman–Crippen MR) is 66.6 cm³/mol. The zero-order valence-electron chi connectivity index (χ0n) is 9.46. The van der Waals surface area contributed by atoms with Crippen molar-refractivity contribution in [1.29, 1.82) is 0 Å². The predicted octanol–water partition coefficient (Wildman–Crippen LogP) is 1.50. The minimum atomic E-state index is -3.72. The van der Waals surface area contributed by atoms with Crippen LogP contribution in [0.3, 0.4) is 0 Å². The Morgan fingerprint density at radius 2 is 2.22 bits per heavy atom. The summed E-state index contributed by atoms with van der Waals surface area (Å²) in [5.74, 6) is 0.526. The van der Waals surface area contributed by atoms with Crippen LogP contribution in [-0.4, -0.2) is 23.4 Å². The van der Waals surface area contributed by atoms with Gasteiger partial charge in [0.05, 0.1) is 11.1 Å². The van der Waals surface area contributed by atoms with Gasteiger partial charge < -0.3 is 4.98 Å². The fourth-order valence-electron chi connectivity index (χ4n) is 1.43. The summed E-state index contributed by atoms with van der Waals surface area (Å²) in [7, 11) is -3.72. The quantitative estimate of drug-likeness (QED) is 0.891. The normalized spacial score (nSPS) is 13.4. The first-order valence-electron chi connectivity index (χ1n) is 5.12. The molecule has 2 rings (SSSR count). The summed E-state index contributed by atoms with van der Waals surface area (Å²) in [5.41, 5.74) is 0. The molecule has 2 aromatic rings. The molecule has 2 heterocycles. The average Bonchev–Trinajstić information content (AvgIpc) is 2.82. The maximum atomic E-state index is 12.1. The highest BCUT2D eigenvalue weighted by Gasteiger charge is 2.22. The number of aromatic amines is 1. The van der Waals surface area contributed by atoms with E-state index in [1.807, 2.05) is 0 Å². The Kier molecular flexibility index (Phi) is 3.65. The van der Waals surface area contributed by atoms with Crippen molar-refractivity contribution in [2.75, 3.05) is 0 Å². The number of halogens is 1. The van der Waals surface area contributed by atoms with E-state index in [0.717, 1.165) is 0 Å². The molecule has 2 aromatic heterocycles. The summed E-state index contributed by atoms with van der Waals surface area (Å²) in [6, 6.07) is 0.939. The first-order chi connectivity index (χ1) is 8.50. The Hall–Kier alpha value is -1.44. The van der Waals surface area contributed by atoms with Crippen LogP contribution in [0.5, 0.6) is 0 Å². The third kappa shape index (κ3) is 2.69. The van der Waals surface area contributed by atoms with Crippen molar-refractivity contribution in [2.45, 2.75) is 17.9 Å². The molecule has 0 amide bonds. The van der Waals surface area contributed by atoms with Gasteiger partial charge in [0.2, 0.25) is 10.0 Å². The number of imidazole rings is 1. The minimum absolute atomic E-state index is 0.0509. The lowest BCUT2D eigenvalue weighted by atomic mass is 10.3. The molecule has 0 aliphatic rings. The van der Waals surface area contributed by atoms with Crippen molar-refractivity contribution < 1.29 is 8.42 Å². The van der Waals surface area contributed by atoms with E-state index in [4.69, 9.17) is 11.6 Å². The lowest BCUT2D eigenvalue weighted by Gasteiger charge is -2.12. The number of nitrogens with one attached hydrogen (secondary N) is 2. The number of pyridine rings is 1. The number of H-pyrrole nitrogens is 1. The van der Waals surface area contributed by atoms with Gasteiger partial charge in [-0.1, -0.05) is 11.6 Å². The van der Waals surface area contributed by atoms with Gasteiger partial charge in [0.25, 0.3) is 0 Å². The second-order valence-electron chi connectivity index (χ2n) is 3.62. The van der Waals surface area contributed by atoms with Gasteiger partial charge in [-0.3, -0.25) is 4.98 Å². The highest BCUT2D eigenvalue weighted by molar-refractivity contribution is 7.89. The molecule has 1 unspecified atom stereocenters. The summed E-state index contributed by atoms with van der Waals surface area (Å²) in [4.78, 5) is 10.5. The van der Waals surface area contributed by atoms with E-state index >= 15 is 0 Å². The number of hydrogen-bond donors (Lipinski definition) is 2. The number of nitrogens with zero attached hydrogens (tertiary/aromatic N) is 2. The molecule has 6 nitrogen and oxygen atoms in total. The Bertz CT molecular complexity index is 627. The number of hydrogen-bond acceptors (Lipinski definition) is 4. The molecule has 1 atom stereocenters. The summed E-state index contributed by atoms with van der Waals surface area (Å²) < 4.78 is 26.6. The topological polar surface area (TPSA) is 87.7 Å². The fraction of sp³-hybridized carbons (Fsp3) is 0.200. The molecular formula is C10H11ClN4O2S.